The molecule has 54 valence electrons. The first kappa shape index (κ1) is 8.39. The number of rotatable bonds is 3. The van der Waals surface area contributed by atoms with E-state index in [1.165, 1.54) is 0 Å². The fourth-order valence-corrected chi connectivity index (χ4v) is 0.346. The first-order valence-electron chi connectivity index (χ1n) is 2.84. The van der Waals surface area contributed by atoms with Gasteiger partial charge in [-0.1, -0.05) is 0 Å². The molecule has 0 radical (unpaired) electrons. The maximum Gasteiger partial charge on any atom is 0.324 e. The van der Waals surface area contributed by atoms with E-state index >= 15 is 0 Å². The summed E-state index contributed by atoms with van der Waals surface area (Å²) in [6, 6.07) is -0.662. The molecule has 0 spiro atoms. The van der Waals surface area contributed by atoms with E-state index in [-0.39, 0.29) is 6.54 Å². The van der Waals surface area contributed by atoms with Crippen LogP contribution in [-0.2, 0) is 9.53 Å². The molecule has 0 unspecified atom stereocenters. The Hall–Kier alpha value is -0.610. The Morgan fingerprint density at radius 1 is 1.78 bits per heavy atom. The molecule has 0 rings (SSSR count). The average molecular weight is 132 g/mol. The minimum absolute atomic E-state index is 0.138. The van der Waals surface area contributed by atoms with Gasteiger partial charge in [0.05, 0.1) is 6.61 Å². The van der Waals surface area contributed by atoms with E-state index in [0.29, 0.717) is 6.61 Å². The van der Waals surface area contributed by atoms with Crippen molar-refractivity contribution in [3.63, 3.8) is 0 Å². The van der Waals surface area contributed by atoms with Crippen LogP contribution in [0.2, 0.25) is 0 Å². The second-order valence-electron chi connectivity index (χ2n) is 1.59. The predicted molar refractivity (Wildman–Crippen MR) is 33.7 cm³/mol. The summed E-state index contributed by atoms with van der Waals surface area (Å²) in [6.07, 6.45) is 0. The number of nitrogens with two attached hydrogens (primary N) is 2. The highest BCUT2D eigenvalue weighted by Crippen LogP contribution is 1.80. The number of esters is 1. The maximum atomic E-state index is 10.5. The van der Waals surface area contributed by atoms with Crippen LogP contribution in [0.5, 0.6) is 0 Å². The summed E-state index contributed by atoms with van der Waals surface area (Å²) in [4.78, 5) is 10.5. The molecule has 0 heterocycles. The van der Waals surface area contributed by atoms with Gasteiger partial charge in [0.2, 0.25) is 0 Å². The molecule has 4 N–H and O–H groups in total. The first-order chi connectivity index (χ1) is 4.22. The number of hydrogen-bond acceptors (Lipinski definition) is 4. The lowest BCUT2D eigenvalue weighted by molar-refractivity contribution is -0.144. The standard InChI is InChI=1S/C5H12N2O2/c1-2-9-5(8)4(7)3-6/h4H,2-3,6-7H2,1H3/t4-/m0/s1. The molecule has 0 aliphatic carbocycles. The van der Waals surface area contributed by atoms with Crippen molar-refractivity contribution in [2.75, 3.05) is 13.2 Å². The van der Waals surface area contributed by atoms with Crippen molar-refractivity contribution < 1.29 is 9.53 Å². The molecule has 0 aliphatic rings. The normalized spacial score (nSPS) is 12.8. The summed E-state index contributed by atoms with van der Waals surface area (Å²) in [5.41, 5.74) is 10.3. The molecule has 0 aliphatic heterocycles. The van der Waals surface area contributed by atoms with E-state index in [1.807, 2.05) is 0 Å². The molecule has 0 fully saturated rings. The molecule has 0 saturated heterocycles. The summed E-state index contributed by atoms with van der Waals surface area (Å²) in [7, 11) is 0. The van der Waals surface area contributed by atoms with Crippen LogP contribution >= 0.6 is 0 Å². The van der Waals surface area contributed by atoms with Crippen molar-refractivity contribution in [2.24, 2.45) is 11.5 Å². The van der Waals surface area contributed by atoms with Crippen LogP contribution < -0.4 is 11.5 Å². The van der Waals surface area contributed by atoms with Gasteiger partial charge in [0, 0.05) is 6.54 Å². The van der Waals surface area contributed by atoms with Crippen molar-refractivity contribution in [1.82, 2.24) is 0 Å². The van der Waals surface area contributed by atoms with E-state index in [1.54, 1.807) is 6.92 Å². The van der Waals surface area contributed by atoms with Crippen molar-refractivity contribution in [1.29, 1.82) is 0 Å². The van der Waals surface area contributed by atoms with Crippen LogP contribution in [0.15, 0.2) is 0 Å². The largest absolute Gasteiger partial charge is 0.465 e. The monoisotopic (exact) mass is 132 g/mol. The molecule has 0 aromatic carbocycles. The van der Waals surface area contributed by atoms with Gasteiger partial charge in [-0.15, -0.1) is 0 Å². The molecule has 9 heavy (non-hydrogen) atoms. The van der Waals surface area contributed by atoms with Crippen molar-refractivity contribution in [3.05, 3.63) is 0 Å². The minimum atomic E-state index is -0.662. The summed E-state index contributed by atoms with van der Waals surface area (Å²) < 4.78 is 4.55. The fourth-order valence-electron chi connectivity index (χ4n) is 0.346. The van der Waals surface area contributed by atoms with Gasteiger partial charge in [-0.3, -0.25) is 4.79 Å². The number of carbonyl (C=O) groups excluding carboxylic acids is 1. The molecule has 0 saturated carbocycles. The van der Waals surface area contributed by atoms with Crippen LogP contribution in [0.3, 0.4) is 0 Å². The van der Waals surface area contributed by atoms with Crippen LogP contribution in [0.25, 0.3) is 0 Å². The SMILES string of the molecule is CCOC(=O)[C@@H](N)CN. The highest BCUT2D eigenvalue weighted by molar-refractivity contribution is 5.75. The number of ether oxygens (including phenoxy) is 1. The van der Waals surface area contributed by atoms with E-state index < -0.39 is 12.0 Å². The fraction of sp³-hybridized carbons (Fsp3) is 0.800. The minimum Gasteiger partial charge on any atom is -0.465 e. The molecule has 1 atom stereocenters. The van der Waals surface area contributed by atoms with Crippen molar-refractivity contribution in [3.8, 4) is 0 Å². The predicted octanol–water partition coefficient (Wildman–Crippen LogP) is -1.16. The quantitative estimate of drug-likeness (QED) is 0.474. The van der Waals surface area contributed by atoms with Crippen LogP contribution in [0.4, 0.5) is 0 Å². The van der Waals surface area contributed by atoms with Gasteiger partial charge >= 0.3 is 5.97 Å². The zero-order valence-electron chi connectivity index (χ0n) is 5.46. The van der Waals surface area contributed by atoms with Gasteiger partial charge in [0.1, 0.15) is 6.04 Å². The van der Waals surface area contributed by atoms with Gasteiger partial charge in [-0.05, 0) is 6.92 Å². The van der Waals surface area contributed by atoms with E-state index in [9.17, 15) is 4.79 Å². The summed E-state index contributed by atoms with van der Waals surface area (Å²) >= 11 is 0. The van der Waals surface area contributed by atoms with Gasteiger partial charge in [0.25, 0.3) is 0 Å². The molecular weight excluding hydrogens is 120 g/mol. The molecular formula is C5H12N2O2. The Bertz CT molecular complexity index is 95.0. The average Bonchev–Trinajstić information content (AvgIpc) is 1.87. The molecule has 0 aromatic rings. The van der Waals surface area contributed by atoms with Gasteiger partial charge in [-0.2, -0.15) is 0 Å². The van der Waals surface area contributed by atoms with Crippen LogP contribution in [0.1, 0.15) is 6.92 Å². The third-order valence-corrected chi connectivity index (χ3v) is 0.843. The molecule has 4 heteroatoms. The highest BCUT2D eigenvalue weighted by Gasteiger charge is 2.10. The van der Waals surface area contributed by atoms with E-state index in [2.05, 4.69) is 4.74 Å². The highest BCUT2D eigenvalue weighted by atomic mass is 16.5. The molecule has 0 amide bonds. The van der Waals surface area contributed by atoms with Crippen molar-refractivity contribution >= 4 is 5.97 Å². The van der Waals surface area contributed by atoms with E-state index in [4.69, 9.17) is 11.5 Å². The van der Waals surface area contributed by atoms with Crippen LogP contribution in [0, 0.1) is 0 Å². The van der Waals surface area contributed by atoms with Crippen molar-refractivity contribution in [2.45, 2.75) is 13.0 Å². The Morgan fingerprint density at radius 3 is 2.67 bits per heavy atom. The molecule has 0 bridgehead atoms. The zero-order chi connectivity index (χ0) is 7.28. The third-order valence-electron chi connectivity index (χ3n) is 0.843. The van der Waals surface area contributed by atoms with Gasteiger partial charge in [-0.25, -0.2) is 0 Å². The number of hydrogen-bond donors (Lipinski definition) is 2. The Balaban J connectivity index is 3.46. The summed E-state index contributed by atoms with van der Waals surface area (Å²) in [6.45, 7) is 2.21. The van der Waals surface area contributed by atoms with Gasteiger partial charge in [0.15, 0.2) is 0 Å². The topological polar surface area (TPSA) is 78.3 Å². The number of carbonyl (C=O) groups is 1. The zero-order valence-corrected chi connectivity index (χ0v) is 5.46. The second-order valence-corrected chi connectivity index (χ2v) is 1.59. The first-order valence-corrected chi connectivity index (χ1v) is 2.84. The van der Waals surface area contributed by atoms with Gasteiger partial charge < -0.3 is 16.2 Å². The lowest BCUT2D eigenvalue weighted by atomic mass is 10.3. The van der Waals surface area contributed by atoms with Crippen LogP contribution in [-0.4, -0.2) is 25.2 Å². The summed E-state index contributed by atoms with van der Waals surface area (Å²) in [5, 5.41) is 0. The maximum absolute atomic E-state index is 10.5. The Morgan fingerprint density at radius 2 is 2.33 bits per heavy atom. The third kappa shape index (κ3) is 3.05. The molecule has 4 nitrogen and oxygen atoms in total. The lowest BCUT2D eigenvalue weighted by Crippen LogP contribution is -2.39. The second kappa shape index (κ2) is 4.29. The molecule has 0 aromatic heterocycles. The summed E-state index contributed by atoms with van der Waals surface area (Å²) in [5.74, 6) is -0.431. The Kier molecular flexibility index (Phi) is 4.00. The smallest absolute Gasteiger partial charge is 0.324 e. The lowest BCUT2D eigenvalue weighted by Gasteiger charge is -2.05. The Labute approximate surface area is 54.2 Å². The van der Waals surface area contributed by atoms with E-state index in [0.717, 1.165) is 0 Å².